The number of nitrogens with zero attached hydrogens (tertiary/aromatic N) is 5. The van der Waals surface area contributed by atoms with Crippen molar-refractivity contribution in [1.82, 2.24) is 25.2 Å². The quantitative estimate of drug-likeness (QED) is 0.817. The van der Waals surface area contributed by atoms with Crippen molar-refractivity contribution in [2.24, 2.45) is 0 Å². The second-order valence-electron chi connectivity index (χ2n) is 6.68. The standard InChI is InChI=1S/C17H25N7OS/c1-11(14-20-16(18)22-17(21-14)23(2)3)24-8-6-12(7-9-24)19-15(25)13-5-4-10-26-13/h4-5,10-12H,6-9H2,1-3H3,(H,19,25)(H2,18,20,21,22)/t11-/m1/s1. The third-order valence-corrected chi connectivity index (χ3v) is 5.46. The number of nitrogen functional groups attached to an aromatic ring is 1. The predicted octanol–water partition coefficient (Wildman–Crippen LogP) is 1.54. The molecule has 2 aromatic heterocycles. The van der Waals surface area contributed by atoms with Crippen LogP contribution in [0.4, 0.5) is 11.9 Å². The van der Waals surface area contributed by atoms with E-state index in [1.54, 1.807) is 0 Å². The first-order valence-corrected chi connectivity index (χ1v) is 9.59. The summed E-state index contributed by atoms with van der Waals surface area (Å²) in [4.78, 5) is 30.1. The van der Waals surface area contributed by atoms with Crippen molar-refractivity contribution in [3.05, 3.63) is 28.2 Å². The molecule has 8 nitrogen and oxygen atoms in total. The van der Waals surface area contributed by atoms with E-state index in [2.05, 4.69) is 32.1 Å². The van der Waals surface area contributed by atoms with Crippen LogP contribution >= 0.6 is 11.3 Å². The minimum atomic E-state index is 0.0207. The monoisotopic (exact) mass is 375 g/mol. The zero-order valence-electron chi connectivity index (χ0n) is 15.3. The average molecular weight is 376 g/mol. The van der Waals surface area contributed by atoms with Crippen molar-refractivity contribution in [2.75, 3.05) is 37.8 Å². The van der Waals surface area contributed by atoms with Crippen molar-refractivity contribution in [3.8, 4) is 0 Å². The number of nitrogens with one attached hydrogen (secondary N) is 1. The molecule has 3 N–H and O–H groups in total. The summed E-state index contributed by atoms with van der Waals surface area (Å²) in [5, 5.41) is 5.05. The van der Waals surface area contributed by atoms with Gasteiger partial charge in [0.05, 0.1) is 10.9 Å². The average Bonchev–Trinajstić information content (AvgIpc) is 3.16. The highest BCUT2D eigenvalue weighted by Crippen LogP contribution is 2.23. The number of carbonyl (C=O) groups is 1. The predicted molar refractivity (Wildman–Crippen MR) is 103 cm³/mol. The number of hydrogen-bond acceptors (Lipinski definition) is 8. The van der Waals surface area contributed by atoms with Crippen molar-refractivity contribution in [2.45, 2.75) is 31.8 Å². The third-order valence-electron chi connectivity index (χ3n) is 4.59. The number of likely N-dealkylation sites (tertiary alicyclic amines) is 1. The van der Waals surface area contributed by atoms with E-state index >= 15 is 0 Å². The van der Waals surface area contributed by atoms with Gasteiger partial charge in [-0.25, -0.2) is 0 Å². The van der Waals surface area contributed by atoms with E-state index in [9.17, 15) is 4.79 Å². The second kappa shape index (κ2) is 7.96. The summed E-state index contributed by atoms with van der Waals surface area (Å²) in [6.07, 6.45) is 1.81. The minimum absolute atomic E-state index is 0.0207. The van der Waals surface area contributed by atoms with Crippen LogP contribution in [0.15, 0.2) is 17.5 Å². The zero-order chi connectivity index (χ0) is 18.7. The van der Waals surface area contributed by atoms with Gasteiger partial charge in [0.15, 0.2) is 5.82 Å². The number of carbonyl (C=O) groups excluding carboxylic acids is 1. The van der Waals surface area contributed by atoms with Crippen molar-refractivity contribution >= 4 is 29.1 Å². The van der Waals surface area contributed by atoms with E-state index < -0.39 is 0 Å². The number of thiophene rings is 1. The van der Waals surface area contributed by atoms with E-state index in [0.29, 0.717) is 11.8 Å². The lowest BCUT2D eigenvalue weighted by atomic mass is 10.0. The molecule has 0 spiro atoms. The number of nitrogens with two attached hydrogens (primary N) is 1. The first-order valence-electron chi connectivity index (χ1n) is 8.71. The minimum Gasteiger partial charge on any atom is -0.368 e. The van der Waals surface area contributed by atoms with Gasteiger partial charge in [0.25, 0.3) is 5.91 Å². The van der Waals surface area contributed by atoms with Crippen LogP contribution in [0.5, 0.6) is 0 Å². The molecular formula is C17H25N7OS. The Hall–Kier alpha value is -2.26. The summed E-state index contributed by atoms with van der Waals surface area (Å²) in [7, 11) is 3.76. The Morgan fingerprint density at radius 2 is 2.08 bits per heavy atom. The molecule has 0 aromatic carbocycles. The molecule has 0 bridgehead atoms. The molecule has 1 aliphatic heterocycles. The third kappa shape index (κ3) is 4.28. The van der Waals surface area contributed by atoms with Crippen LogP contribution in [0.3, 0.4) is 0 Å². The van der Waals surface area contributed by atoms with Crippen molar-refractivity contribution in [3.63, 3.8) is 0 Å². The SMILES string of the molecule is C[C@H](c1nc(N)nc(N(C)C)n1)N1CCC(NC(=O)c2cccs2)CC1. The summed E-state index contributed by atoms with van der Waals surface area (Å²) in [5.74, 6) is 1.51. The van der Waals surface area contributed by atoms with Crippen LogP contribution < -0.4 is 16.0 Å². The van der Waals surface area contributed by atoms with Gasteiger partial charge in [-0.05, 0) is 31.2 Å². The van der Waals surface area contributed by atoms with E-state index in [0.717, 1.165) is 30.8 Å². The molecule has 9 heteroatoms. The maximum atomic E-state index is 12.2. The molecule has 3 heterocycles. The molecule has 3 rings (SSSR count). The van der Waals surface area contributed by atoms with Gasteiger partial charge in [0.1, 0.15) is 0 Å². The molecule has 1 atom stereocenters. The molecule has 0 aliphatic carbocycles. The Kier molecular flexibility index (Phi) is 5.67. The lowest BCUT2D eigenvalue weighted by Crippen LogP contribution is -2.45. The molecule has 1 fully saturated rings. The number of aromatic nitrogens is 3. The molecule has 1 amide bonds. The van der Waals surface area contributed by atoms with Gasteiger partial charge in [-0.2, -0.15) is 15.0 Å². The molecule has 1 saturated heterocycles. The number of anilines is 2. The van der Waals surface area contributed by atoms with Gasteiger partial charge in [0.2, 0.25) is 11.9 Å². The highest BCUT2D eigenvalue weighted by atomic mass is 32.1. The molecule has 0 unspecified atom stereocenters. The molecule has 0 radical (unpaired) electrons. The maximum absolute atomic E-state index is 12.2. The van der Waals surface area contributed by atoms with Gasteiger partial charge >= 0.3 is 0 Å². The number of amides is 1. The molecule has 0 saturated carbocycles. The summed E-state index contributed by atoms with van der Waals surface area (Å²) >= 11 is 1.47. The topological polar surface area (TPSA) is 100 Å². The van der Waals surface area contributed by atoms with Gasteiger partial charge in [-0.15, -0.1) is 11.3 Å². The van der Waals surface area contributed by atoms with Crippen molar-refractivity contribution < 1.29 is 4.79 Å². The smallest absolute Gasteiger partial charge is 0.261 e. The molecule has 140 valence electrons. The molecular weight excluding hydrogens is 350 g/mol. The van der Waals surface area contributed by atoms with E-state index in [1.165, 1.54) is 11.3 Å². The fraction of sp³-hybridized carbons (Fsp3) is 0.529. The van der Waals surface area contributed by atoms with Gasteiger partial charge in [-0.1, -0.05) is 6.07 Å². The Morgan fingerprint density at radius 3 is 2.69 bits per heavy atom. The van der Waals surface area contributed by atoms with Crippen LogP contribution in [-0.4, -0.2) is 59.0 Å². The Bertz CT molecular complexity index is 742. The van der Waals surface area contributed by atoms with Crippen LogP contribution in [0, 0.1) is 0 Å². The van der Waals surface area contributed by atoms with E-state index in [1.807, 2.05) is 36.5 Å². The second-order valence-corrected chi connectivity index (χ2v) is 7.63. The lowest BCUT2D eigenvalue weighted by molar-refractivity contribution is 0.0897. The Balaban J connectivity index is 1.58. The molecule has 1 aliphatic rings. The summed E-state index contributed by atoms with van der Waals surface area (Å²) in [6.45, 7) is 3.83. The van der Waals surface area contributed by atoms with Crippen molar-refractivity contribution in [1.29, 1.82) is 0 Å². The fourth-order valence-corrected chi connectivity index (χ4v) is 3.67. The van der Waals surface area contributed by atoms with Gasteiger partial charge in [0, 0.05) is 33.2 Å². The van der Waals surface area contributed by atoms with E-state index in [-0.39, 0.29) is 23.9 Å². The Morgan fingerprint density at radius 1 is 1.35 bits per heavy atom. The zero-order valence-corrected chi connectivity index (χ0v) is 16.2. The molecule has 2 aromatic rings. The summed E-state index contributed by atoms with van der Waals surface area (Å²) in [6, 6.07) is 4.00. The highest BCUT2D eigenvalue weighted by molar-refractivity contribution is 7.12. The maximum Gasteiger partial charge on any atom is 0.261 e. The summed E-state index contributed by atoms with van der Waals surface area (Å²) in [5.41, 5.74) is 5.83. The van der Waals surface area contributed by atoms with Crippen LogP contribution in [0.1, 0.15) is 41.3 Å². The van der Waals surface area contributed by atoms with Gasteiger partial charge in [-0.3, -0.25) is 9.69 Å². The van der Waals surface area contributed by atoms with Gasteiger partial charge < -0.3 is 16.0 Å². The van der Waals surface area contributed by atoms with E-state index in [4.69, 9.17) is 5.73 Å². The highest BCUT2D eigenvalue weighted by Gasteiger charge is 2.27. The first kappa shape index (κ1) is 18.5. The fourth-order valence-electron chi connectivity index (χ4n) is 3.04. The lowest BCUT2D eigenvalue weighted by Gasteiger charge is -2.35. The largest absolute Gasteiger partial charge is 0.368 e. The normalized spacial score (nSPS) is 17.0. The number of piperidine rings is 1. The van der Waals surface area contributed by atoms with Crippen LogP contribution in [-0.2, 0) is 0 Å². The van der Waals surface area contributed by atoms with Crippen LogP contribution in [0.2, 0.25) is 0 Å². The summed E-state index contributed by atoms with van der Waals surface area (Å²) < 4.78 is 0. The first-order chi connectivity index (χ1) is 12.4. The number of hydrogen-bond donors (Lipinski definition) is 2. The van der Waals surface area contributed by atoms with Crippen LogP contribution in [0.25, 0.3) is 0 Å². The Labute approximate surface area is 157 Å². The number of rotatable bonds is 5. The molecule has 26 heavy (non-hydrogen) atoms.